The first-order valence-corrected chi connectivity index (χ1v) is 13.4. The molecule has 1 aliphatic carbocycles. The second kappa shape index (κ2) is 11.1. The van der Waals surface area contributed by atoms with E-state index in [1.165, 1.54) is 17.5 Å². The number of benzene rings is 2. The molecule has 1 heterocycles. The fourth-order valence-corrected chi connectivity index (χ4v) is 5.89. The van der Waals surface area contributed by atoms with Crippen LogP contribution in [-0.4, -0.2) is 23.2 Å². The largest absolute Gasteiger partial charge is 0.498 e. The molecule has 5 nitrogen and oxygen atoms in total. The van der Waals surface area contributed by atoms with Gasteiger partial charge in [-0.1, -0.05) is 50.2 Å². The van der Waals surface area contributed by atoms with E-state index >= 15 is 0 Å². The fourth-order valence-electron chi connectivity index (χ4n) is 5.01. The molecule has 2 aliphatic rings. The highest BCUT2D eigenvalue weighted by molar-refractivity contribution is 7.98. The second-order valence-electron chi connectivity index (χ2n) is 10.5. The molecule has 188 valence electrons. The van der Waals surface area contributed by atoms with Crippen LogP contribution >= 0.6 is 11.9 Å². The molecular formula is C29H37NO4S. The second-order valence-corrected chi connectivity index (χ2v) is 11.6. The molecule has 4 rings (SSSR count). The van der Waals surface area contributed by atoms with E-state index in [1.807, 2.05) is 38.1 Å². The average molecular weight is 496 g/mol. The Bertz CT molecular complexity index is 1040. The van der Waals surface area contributed by atoms with Crippen LogP contribution in [-0.2, 0) is 16.1 Å². The van der Waals surface area contributed by atoms with Gasteiger partial charge < -0.3 is 14.6 Å². The van der Waals surface area contributed by atoms with E-state index in [0.717, 1.165) is 29.1 Å². The first-order valence-electron chi connectivity index (χ1n) is 12.5. The van der Waals surface area contributed by atoms with E-state index in [9.17, 15) is 9.90 Å². The summed E-state index contributed by atoms with van der Waals surface area (Å²) in [6.07, 6.45) is 4.32. The number of carbonyl (C=O) groups excluding carboxylic acids is 1. The van der Waals surface area contributed by atoms with Crippen molar-refractivity contribution in [2.45, 2.75) is 70.3 Å². The Labute approximate surface area is 213 Å². The molecular weight excluding hydrogens is 458 g/mol. The van der Waals surface area contributed by atoms with Crippen LogP contribution in [0, 0.1) is 11.8 Å². The van der Waals surface area contributed by atoms with Gasteiger partial charge in [0.25, 0.3) is 0 Å². The van der Waals surface area contributed by atoms with Gasteiger partial charge in [-0.2, -0.15) is 0 Å². The molecule has 1 amide bonds. The van der Waals surface area contributed by atoms with Crippen LogP contribution in [0.3, 0.4) is 0 Å². The smallest absolute Gasteiger partial charge is 0.231 e. The van der Waals surface area contributed by atoms with Crippen LogP contribution in [0.15, 0.2) is 60.4 Å². The molecule has 0 bridgehead atoms. The van der Waals surface area contributed by atoms with Crippen LogP contribution in [0.25, 0.3) is 0 Å². The number of nitrogens with one attached hydrogen (secondary N) is 1. The zero-order chi connectivity index (χ0) is 25.0. The summed E-state index contributed by atoms with van der Waals surface area (Å²) in [4.78, 5) is 11.5. The normalized spacial score (nSPS) is 24.6. The van der Waals surface area contributed by atoms with Gasteiger partial charge in [0.15, 0.2) is 0 Å². The van der Waals surface area contributed by atoms with Gasteiger partial charge in [0.1, 0.15) is 12.4 Å². The molecule has 1 saturated heterocycles. The lowest BCUT2D eigenvalue weighted by molar-refractivity contribution is -0.118. The number of ether oxygens (including phenoxy) is 2. The summed E-state index contributed by atoms with van der Waals surface area (Å²) in [5.74, 6) is 3.23. The zero-order valence-electron chi connectivity index (χ0n) is 21.1. The molecule has 0 saturated carbocycles. The number of hydrogen-bond acceptors (Lipinski definition) is 5. The lowest BCUT2D eigenvalue weighted by Gasteiger charge is -2.34. The van der Waals surface area contributed by atoms with Crippen molar-refractivity contribution in [2.75, 3.05) is 6.61 Å². The van der Waals surface area contributed by atoms with Gasteiger partial charge in [-0.3, -0.25) is 9.52 Å². The molecule has 3 unspecified atom stereocenters. The molecule has 0 aromatic heterocycles. The van der Waals surface area contributed by atoms with E-state index in [-0.39, 0.29) is 11.2 Å². The van der Waals surface area contributed by atoms with Crippen molar-refractivity contribution in [1.29, 1.82) is 0 Å². The Morgan fingerprint density at radius 3 is 2.49 bits per heavy atom. The SMILES string of the molecule is CC1CC(OCCC(C)(C)O)=C[C@H](C)C1c1cccc(COc2ccc(C3CC(=O)NS3)cc2)c1. The minimum atomic E-state index is -0.702. The predicted octanol–water partition coefficient (Wildman–Crippen LogP) is 6.30. The molecule has 1 fully saturated rings. The summed E-state index contributed by atoms with van der Waals surface area (Å²) in [5.41, 5.74) is 2.93. The third kappa shape index (κ3) is 7.05. The van der Waals surface area contributed by atoms with Crippen molar-refractivity contribution >= 4 is 17.9 Å². The summed E-state index contributed by atoms with van der Waals surface area (Å²) >= 11 is 1.48. The van der Waals surface area contributed by atoms with Crippen LogP contribution in [0.4, 0.5) is 0 Å². The van der Waals surface area contributed by atoms with Crippen molar-refractivity contribution in [3.8, 4) is 5.75 Å². The molecule has 2 aromatic carbocycles. The van der Waals surface area contributed by atoms with Gasteiger partial charge >= 0.3 is 0 Å². The van der Waals surface area contributed by atoms with E-state index in [0.29, 0.717) is 43.8 Å². The quantitative estimate of drug-likeness (QED) is 0.400. The summed E-state index contributed by atoms with van der Waals surface area (Å²) in [6, 6.07) is 16.8. The monoisotopic (exact) mass is 495 g/mol. The molecule has 4 atom stereocenters. The highest BCUT2D eigenvalue weighted by Gasteiger charge is 2.30. The lowest BCUT2D eigenvalue weighted by Crippen LogP contribution is -2.24. The first-order chi connectivity index (χ1) is 16.7. The maximum atomic E-state index is 11.5. The minimum Gasteiger partial charge on any atom is -0.498 e. The number of amides is 1. The highest BCUT2D eigenvalue weighted by atomic mass is 32.2. The standard InChI is InChI=1S/C29H37NO4S/c1-19-14-25(33-13-12-29(3,4)32)15-20(2)28(19)23-7-5-6-21(16-23)18-34-24-10-8-22(9-11-24)26-17-27(31)30-35-26/h5-11,14,16,19-20,26,28,32H,12-13,15,17-18H2,1-4H3,(H,30,31)/t19-,20?,26?,28?/m0/s1. The van der Waals surface area contributed by atoms with Gasteiger partial charge in [0.05, 0.1) is 23.2 Å². The molecule has 0 radical (unpaired) electrons. The highest BCUT2D eigenvalue weighted by Crippen LogP contribution is 2.41. The summed E-state index contributed by atoms with van der Waals surface area (Å²) in [5, 5.41) is 10.1. The molecule has 2 aromatic rings. The maximum absolute atomic E-state index is 11.5. The van der Waals surface area contributed by atoms with Crippen molar-refractivity contribution in [3.05, 3.63) is 77.1 Å². The van der Waals surface area contributed by atoms with Crippen LogP contribution in [0.5, 0.6) is 5.75 Å². The Morgan fingerprint density at radius 1 is 1.06 bits per heavy atom. The van der Waals surface area contributed by atoms with Gasteiger partial charge in [-0.05, 0) is 78.4 Å². The first kappa shape index (κ1) is 25.6. The van der Waals surface area contributed by atoms with Crippen molar-refractivity contribution in [3.63, 3.8) is 0 Å². The molecule has 35 heavy (non-hydrogen) atoms. The van der Waals surface area contributed by atoms with Crippen molar-refractivity contribution in [2.24, 2.45) is 11.8 Å². The van der Waals surface area contributed by atoms with E-state index < -0.39 is 5.60 Å². The van der Waals surface area contributed by atoms with Gasteiger partial charge in [0.2, 0.25) is 5.91 Å². The number of allylic oxidation sites excluding steroid dienone is 2. The summed E-state index contributed by atoms with van der Waals surface area (Å²) < 4.78 is 14.9. The third-order valence-electron chi connectivity index (χ3n) is 6.83. The molecule has 0 spiro atoms. The molecule has 6 heteroatoms. The van der Waals surface area contributed by atoms with E-state index in [4.69, 9.17) is 9.47 Å². The van der Waals surface area contributed by atoms with Gasteiger partial charge in [0, 0.05) is 19.3 Å². The van der Waals surface area contributed by atoms with Gasteiger partial charge in [-0.25, -0.2) is 0 Å². The average Bonchev–Trinajstić information content (AvgIpc) is 3.23. The third-order valence-corrected chi connectivity index (χ3v) is 7.90. The van der Waals surface area contributed by atoms with Crippen molar-refractivity contribution in [1.82, 2.24) is 4.72 Å². The number of carbonyl (C=O) groups is 1. The molecule has 1 aliphatic heterocycles. The zero-order valence-corrected chi connectivity index (χ0v) is 21.9. The fraction of sp³-hybridized carbons (Fsp3) is 0.483. The Kier molecular flexibility index (Phi) is 8.12. The van der Waals surface area contributed by atoms with E-state index in [2.05, 4.69) is 48.9 Å². The number of rotatable bonds is 9. The lowest BCUT2D eigenvalue weighted by atomic mass is 9.73. The Morgan fingerprint density at radius 2 is 1.83 bits per heavy atom. The summed E-state index contributed by atoms with van der Waals surface area (Å²) in [7, 11) is 0. The van der Waals surface area contributed by atoms with Crippen LogP contribution < -0.4 is 9.46 Å². The van der Waals surface area contributed by atoms with Crippen LogP contribution in [0.2, 0.25) is 0 Å². The molecule has 2 N–H and O–H groups in total. The van der Waals surface area contributed by atoms with Gasteiger partial charge in [-0.15, -0.1) is 0 Å². The maximum Gasteiger partial charge on any atom is 0.231 e. The number of aliphatic hydroxyl groups is 1. The van der Waals surface area contributed by atoms with E-state index in [1.54, 1.807) is 0 Å². The number of hydrogen-bond donors (Lipinski definition) is 2. The minimum absolute atomic E-state index is 0.0896. The topological polar surface area (TPSA) is 67.8 Å². The van der Waals surface area contributed by atoms with Crippen LogP contribution in [0.1, 0.15) is 74.8 Å². The predicted molar refractivity (Wildman–Crippen MR) is 141 cm³/mol. The Hall–Kier alpha value is -2.44. The Balaban J connectivity index is 1.35. The summed E-state index contributed by atoms with van der Waals surface area (Å²) in [6.45, 7) is 9.24. The van der Waals surface area contributed by atoms with Crippen molar-refractivity contribution < 1.29 is 19.4 Å².